The van der Waals surface area contributed by atoms with Crippen LogP contribution in [0.15, 0.2) is 42.5 Å². The van der Waals surface area contributed by atoms with Crippen molar-refractivity contribution in [1.29, 1.82) is 0 Å². The lowest BCUT2D eigenvalue weighted by Gasteiger charge is -2.10. The lowest BCUT2D eigenvalue weighted by Crippen LogP contribution is -2.12. The maximum absolute atomic E-state index is 12.3. The third-order valence-electron chi connectivity index (χ3n) is 3.18. The normalized spacial score (nSPS) is 10.7. The Morgan fingerprint density at radius 1 is 1.13 bits per heavy atom. The maximum Gasteiger partial charge on any atom is 0.255 e. The first-order valence-corrected chi connectivity index (χ1v) is 8.20. The predicted octanol–water partition coefficient (Wildman–Crippen LogP) is 5.67. The molecule has 1 N–H and O–H groups in total. The van der Waals surface area contributed by atoms with Gasteiger partial charge in [0.05, 0.1) is 6.61 Å². The Labute approximate surface area is 146 Å². The van der Waals surface area contributed by atoms with Gasteiger partial charge in [-0.15, -0.1) is 0 Å². The van der Waals surface area contributed by atoms with E-state index in [4.69, 9.17) is 27.9 Å². The van der Waals surface area contributed by atoms with E-state index >= 15 is 0 Å². The van der Waals surface area contributed by atoms with Gasteiger partial charge in [-0.05, 0) is 42.7 Å². The number of carbonyl (C=O) groups is 1. The fourth-order valence-corrected chi connectivity index (χ4v) is 2.49. The number of ether oxygens (including phenoxy) is 1. The molecule has 0 bridgehead atoms. The summed E-state index contributed by atoms with van der Waals surface area (Å²) in [6.45, 7) is 4.95. The number of hydrogen-bond donors (Lipinski definition) is 1. The fraction of sp³-hybridized carbons (Fsp3) is 0.278. The zero-order chi connectivity index (χ0) is 16.8. The summed E-state index contributed by atoms with van der Waals surface area (Å²) >= 11 is 11.8. The zero-order valence-corrected chi connectivity index (χ0v) is 14.6. The second-order valence-electron chi connectivity index (χ2n) is 5.67. The summed E-state index contributed by atoms with van der Waals surface area (Å²) in [5, 5.41) is 3.66. The van der Waals surface area contributed by atoms with E-state index in [0.717, 1.165) is 12.2 Å². The summed E-state index contributed by atoms with van der Waals surface area (Å²) in [6.07, 6.45) is 0.984. The van der Waals surface area contributed by atoms with E-state index in [1.165, 1.54) is 0 Å². The number of nitrogens with one attached hydrogen (secondary N) is 1. The molecule has 0 aliphatic rings. The van der Waals surface area contributed by atoms with Crippen LogP contribution in [0, 0.1) is 5.92 Å². The fourth-order valence-electron chi connectivity index (χ4n) is 1.96. The summed E-state index contributed by atoms with van der Waals surface area (Å²) in [7, 11) is 0. The van der Waals surface area contributed by atoms with Crippen molar-refractivity contribution in [2.75, 3.05) is 11.9 Å². The Bertz CT molecular complexity index is 666. The molecule has 0 fully saturated rings. The molecule has 0 radical (unpaired) electrons. The summed E-state index contributed by atoms with van der Waals surface area (Å²) in [5.41, 5.74) is 1.07. The number of hydrogen-bond acceptors (Lipinski definition) is 2. The van der Waals surface area contributed by atoms with Crippen LogP contribution in [0.3, 0.4) is 0 Å². The minimum atomic E-state index is -0.270. The van der Waals surface area contributed by atoms with E-state index in [1.54, 1.807) is 30.3 Å². The molecule has 2 rings (SSSR count). The average molecular weight is 352 g/mol. The third kappa shape index (κ3) is 5.77. The van der Waals surface area contributed by atoms with Gasteiger partial charge in [0.2, 0.25) is 0 Å². The second-order valence-corrected chi connectivity index (χ2v) is 6.54. The van der Waals surface area contributed by atoms with Gasteiger partial charge < -0.3 is 10.1 Å². The molecule has 0 heterocycles. The molecule has 0 unspecified atom stereocenters. The van der Waals surface area contributed by atoms with Crippen LogP contribution in [0.5, 0.6) is 5.75 Å². The maximum atomic E-state index is 12.3. The SMILES string of the molecule is CC(C)CCOc1cccc(NC(=O)c2cc(Cl)cc(Cl)c2)c1. The molecule has 23 heavy (non-hydrogen) atoms. The number of halogens is 2. The molecular weight excluding hydrogens is 333 g/mol. The molecule has 0 saturated carbocycles. The van der Waals surface area contributed by atoms with Crippen molar-refractivity contribution in [1.82, 2.24) is 0 Å². The highest BCUT2D eigenvalue weighted by atomic mass is 35.5. The standard InChI is InChI=1S/C18H19Cl2NO2/c1-12(2)6-7-23-17-5-3-4-16(11-17)21-18(22)13-8-14(19)10-15(20)9-13/h3-5,8-12H,6-7H2,1-2H3,(H,21,22). The molecular formula is C18H19Cl2NO2. The molecule has 0 aliphatic heterocycles. The molecule has 1 amide bonds. The number of carbonyl (C=O) groups excluding carboxylic acids is 1. The van der Waals surface area contributed by atoms with E-state index in [2.05, 4.69) is 19.2 Å². The van der Waals surface area contributed by atoms with Crippen molar-refractivity contribution in [3.8, 4) is 5.75 Å². The molecule has 122 valence electrons. The van der Waals surface area contributed by atoms with Crippen molar-refractivity contribution in [3.05, 3.63) is 58.1 Å². The largest absolute Gasteiger partial charge is 0.494 e. The molecule has 0 atom stereocenters. The van der Waals surface area contributed by atoms with Gasteiger partial charge in [0.15, 0.2) is 0 Å². The topological polar surface area (TPSA) is 38.3 Å². The summed E-state index contributed by atoms with van der Waals surface area (Å²) in [4.78, 5) is 12.3. The van der Waals surface area contributed by atoms with Crippen LogP contribution in [0.1, 0.15) is 30.6 Å². The molecule has 0 spiro atoms. The van der Waals surface area contributed by atoms with Crippen LogP contribution < -0.4 is 10.1 Å². The van der Waals surface area contributed by atoms with Gasteiger partial charge in [-0.1, -0.05) is 43.1 Å². The van der Waals surface area contributed by atoms with Crippen LogP contribution in [0.25, 0.3) is 0 Å². The van der Waals surface area contributed by atoms with Gasteiger partial charge >= 0.3 is 0 Å². The number of rotatable bonds is 6. The molecule has 0 aliphatic carbocycles. The van der Waals surface area contributed by atoms with E-state index < -0.39 is 0 Å². The lowest BCUT2D eigenvalue weighted by atomic mass is 10.1. The first-order chi connectivity index (χ1) is 10.9. The van der Waals surface area contributed by atoms with Gasteiger partial charge in [-0.3, -0.25) is 4.79 Å². The third-order valence-corrected chi connectivity index (χ3v) is 3.62. The van der Waals surface area contributed by atoms with Gasteiger partial charge in [0.25, 0.3) is 5.91 Å². The monoisotopic (exact) mass is 351 g/mol. The van der Waals surface area contributed by atoms with E-state index in [-0.39, 0.29) is 5.91 Å². The van der Waals surface area contributed by atoms with Crippen molar-refractivity contribution in [2.24, 2.45) is 5.92 Å². The average Bonchev–Trinajstić information content (AvgIpc) is 2.46. The minimum Gasteiger partial charge on any atom is -0.494 e. The molecule has 0 saturated heterocycles. The zero-order valence-electron chi connectivity index (χ0n) is 13.1. The van der Waals surface area contributed by atoms with E-state index in [0.29, 0.717) is 33.8 Å². The van der Waals surface area contributed by atoms with Crippen LogP contribution in [-0.2, 0) is 0 Å². The highest BCUT2D eigenvalue weighted by molar-refractivity contribution is 6.35. The quantitative estimate of drug-likeness (QED) is 0.727. The predicted molar refractivity (Wildman–Crippen MR) is 95.8 cm³/mol. The van der Waals surface area contributed by atoms with Crippen molar-refractivity contribution in [2.45, 2.75) is 20.3 Å². The van der Waals surface area contributed by atoms with Gasteiger partial charge in [-0.2, -0.15) is 0 Å². The molecule has 2 aromatic rings. The first kappa shape index (κ1) is 17.6. The van der Waals surface area contributed by atoms with Crippen LogP contribution in [0.2, 0.25) is 10.0 Å². The number of amides is 1. The van der Waals surface area contributed by atoms with Crippen LogP contribution in [0.4, 0.5) is 5.69 Å². The molecule has 5 heteroatoms. The summed E-state index contributed by atoms with van der Waals surface area (Å²) in [6, 6.07) is 12.0. The van der Waals surface area contributed by atoms with Crippen LogP contribution >= 0.6 is 23.2 Å². The highest BCUT2D eigenvalue weighted by Crippen LogP contribution is 2.22. The first-order valence-electron chi connectivity index (χ1n) is 7.44. The Kier molecular flexibility index (Phi) is 6.31. The van der Waals surface area contributed by atoms with Crippen LogP contribution in [-0.4, -0.2) is 12.5 Å². The van der Waals surface area contributed by atoms with Gasteiger partial charge in [-0.25, -0.2) is 0 Å². The van der Waals surface area contributed by atoms with Crippen molar-refractivity contribution >= 4 is 34.8 Å². The highest BCUT2D eigenvalue weighted by Gasteiger charge is 2.09. The molecule has 2 aromatic carbocycles. The Hall–Kier alpha value is -1.71. The van der Waals surface area contributed by atoms with Gasteiger partial charge in [0, 0.05) is 27.4 Å². The van der Waals surface area contributed by atoms with Crippen molar-refractivity contribution < 1.29 is 9.53 Å². The van der Waals surface area contributed by atoms with E-state index in [9.17, 15) is 4.79 Å². The lowest BCUT2D eigenvalue weighted by molar-refractivity contribution is 0.102. The smallest absolute Gasteiger partial charge is 0.255 e. The van der Waals surface area contributed by atoms with E-state index in [1.807, 2.05) is 12.1 Å². The summed E-state index contributed by atoms with van der Waals surface area (Å²) < 4.78 is 5.69. The molecule has 0 aromatic heterocycles. The van der Waals surface area contributed by atoms with Crippen molar-refractivity contribution in [3.63, 3.8) is 0 Å². The minimum absolute atomic E-state index is 0.270. The molecule has 3 nitrogen and oxygen atoms in total. The number of anilines is 1. The summed E-state index contributed by atoms with van der Waals surface area (Å²) in [5.74, 6) is 1.05. The Morgan fingerprint density at radius 3 is 2.48 bits per heavy atom. The van der Waals surface area contributed by atoms with Gasteiger partial charge in [0.1, 0.15) is 5.75 Å². The number of benzene rings is 2. The Morgan fingerprint density at radius 2 is 1.83 bits per heavy atom. The second kappa shape index (κ2) is 8.23. The Balaban J connectivity index is 2.03.